The standard InChI is InChI=1S/C22H25N5O3/c1-26(12-19(28)13-6-7-13)22(30)20-15-11-27(9-8-17(15)24-25-20)21(29)18-10-14-4-2-3-5-16(14)23-18/h2-5,10,13,19,23,28H,6-9,11-12H2,1H3,(H,24,25). The summed E-state index contributed by atoms with van der Waals surface area (Å²) in [6, 6.07) is 9.65. The Labute approximate surface area is 173 Å². The second-order valence-corrected chi connectivity index (χ2v) is 8.37. The van der Waals surface area contributed by atoms with Crippen LogP contribution < -0.4 is 0 Å². The largest absolute Gasteiger partial charge is 0.391 e. The van der Waals surface area contributed by atoms with E-state index in [1.807, 2.05) is 30.3 Å². The molecule has 3 heterocycles. The molecule has 1 unspecified atom stereocenters. The maximum Gasteiger partial charge on any atom is 0.274 e. The number of para-hydroxylation sites is 1. The molecule has 3 N–H and O–H groups in total. The summed E-state index contributed by atoms with van der Waals surface area (Å²) < 4.78 is 0. The summed E-state index contributed by atoms with van der Waals surface area (Å²) in [7, 11) is 1.69. The first-order valence-electron chi connectivity index (χ1n) is 10.4. The molecule has 1 saturated carbocycles. The number of likely N-dealkylation sites (N-methyl/N-ethyl adjacent to an activating group) is 1. The van der Waals surface area contributed by atoms with E-state index in [0.29, 0.717) is 43.4 Å². The quantitative estimate of drug-likeness (QED) is 0.601. The van der Waals surface area contributed by atoms with Gasteiger partial charge in [-0.15, -0.1) is 0 Å². The number of hydrogen-bond acceptors (Lipinski definition) is 4. The highest BCUT2D eigenvalue weighted by Gasteiger charge is 2.33. The molecule has 0 bridgehead atoms. The Morgan fingerprint density at radius 3 is 2.90 bits per heavy atom. The molecule has 156 valence electrons. The van der Waals surface area contributed by atoms with Crippen molar-refractivity contribution in [2.45, 2.75) is 31.9 Å². The lowest BCUT2D eigenvalue weighted by Crippen LogP contribution is -2.38. The van der Waals surface area contributed by atoms with Gasteiger partial charge in [-0.05, 0) is 30.9 Å². The topological polar surface area (TPSA) is 105 Å². The van der Waals surface area contributed by atoms with Gasteiger partial charge in [0, 0.05) is 48.7 Å². The fraction of sp³-hybridized carbons (Fsp3) is 0.409. The van der Waals surface area contributed by atoms with Crippen molar-refractivity contribution in [3.8, 4) is 0 Å². The molecule has 0 saturated heterocycles. The predicted octanol–water partition coefficient (Wildman–Crippen LogP) is 1.93. The number of aliphatic hydroxyl groups excluding tert-OH is 1. The van der Waals surface area contributed by atoms with Crippen molar-refractivity contribution in [1.29, 1.82) is 0 Å². The van der Waals surface area contributed by atoms with Gasteiger partial charge in [-0.2, -0.15) is 5.10 Å². The van der Waals surface area contributed by atoms with Gasteiger partial charge in [0.25, 0.3) is 11.8 Å². The number of benzene rings is 1. The van der Waals surface area contributed by atoms with E-state index in [1.165, 1.54) is 4.90 Å². The van der Waals surface area contributed by atoms with Gasteiger partial charge in [0.15, 0.2) is 5.69 Å². The lowest BCUT2D eigenvalue weighted by molar-refractivity contribution is 0.0633. The van der Waals surface area contributed by atoms with Crippen molar-refractivity contribution in [1.82, 2.24) is 25.0 Å². The molecule has 2 amide bonds. The van der Waals surface area contributed by atoms with Crippen molar-refractivity contribution in [3.05, 3.63) is 53.0 Å². The summed E-state index contributed by atoms with van der Waals surface area (Å²) in [5.41, 5.74) is 3.47. The third kappa shape index (κ3) is 3.37. The molecule has 1 fully saturated rings. The third-order valence-corrected chi connectivity index (χ3v) is 6.16. The maximum absolute atomic E-state index is 13.1. The first kappa shape index (κ1) is 18.9. The van der Waals surface area contributed by atoms with Crippen LogP contribution in [0.25, 0.3) is 10.9 Å². The molecule has 2 aliphatic rings. The summed E-state index contributed by atoms with van der Waals surface area (Å²) in [5, 5.41) is 18.4. The molecule has 1 aromatic carbocycles. The zero-order chi connectivity index (χ0) is 20.8. The minimum atomic E-state index is -0.492. The van der Waals surface area contributed by atoms with Gasteiger partial charge in [-0.25, -0.2) is 0 Å². The minimum Gasteiger partial charge on any atom is -0.391 e. The number of rotatable bonds is 5. The molecule has 1 atom stereocenters. The number of carbonyl (C=O) groups excluding carboxylic acids is 2. The average molecular weight is 407 g/mol. The summed E-state index contributed by atoms with van der Waals surface area (Å²) in [4.78, 5) is 32.5. The first-order valence-corrected chi connectivity index (χ1v) is 10.4. The van der Waals surface area contributed by atoms with E-state index in [9.17, 15) is 14.7 Å². The van der Waals surface area contributed by atoms with Crippen LogP contribution in [0.4, 0.5) is 0 Å². The number of amides is 2. The van der Waals surface area contributed by atoms with Crippen molar-refractivity contribution >= 4 is 22.7 Å². The normalized spacial score (nSPS) is 17.1. The fourth-order valence-electron chi connectivity index (χ4n) is 4.18. The number of nitrogens with one attached hydrogen (secondary N) is 2. The van der Waals surface area contributed by atoms with Crippen LogP contribution in [0.5, 0.6) is 0 Å². The lowest BCUT2D eigenvalue weighted by Gasteiger charge is -2.27. The van der Waals surface area contributed by atoms with Crippen LogP contribution in [0.15, 0.2) is 30.3 Å². The van der Waals surface area contributed by atoms with E-state index < -0.39 is 6.10 Å². The molecular weight excluding hydrogens is 382 g/mol. The van der Waals surface area contributed by atoms with Crippen molar-refractivity contribution in [2.24, 2.45) is 5.92 Å². The van der Waals surface area contributed by atoms with Crippen LogP contribution in [0, 0.1) is 5.92 Å². The number of hydrogen-bond donors (Lipinski definition) is 3. The molecule has 30 heavy (non-hydrogen) atoms. The number of H-pyrrole nitrogens is 2. The summed E-state index contributed by atoms with van der Waals surface area (Å²) >= 11 is 0. The highest BCUT2D eigenvalue weighted by Crippen LogP contribution is 2.33. The van der Waals surface area contributed by atoms with E-state index in [1.54, 1.807) is 11.9 Å². The molecule has 2 aromatic heterocycles. The second kappa shape index (κ2) is 7.28. The van der Waals surface area contributed by atoms with Crippen molar-refractivity contribution in [3.63, 3.8) is 0 Å². The van der Waals surface area contributed by atoms with Gasteiger partial charge in [0.2, 0.25) is 0 Å². The Bertz CT molecular complexity index is 1080. The first-order chi connectivity index (χ1) is 14.5. The van der Waals surface area contributed by atoms with Gasteiger partial charge in [-0.1, -0.05) is 18.2 Å². The highest BCUT2D eigenvalue weighted by molar-refractivity contribution is 5.98. The van der Waals surface area contributed by atoms with E-state index in [0.717, 1.165) is 35.0 Å². The summed E-state index contributed by atoms with van der Waals surface area (Å²) in [5.74, 6) is -0.0150. The fourth-order valence-corrected chi connectivity index (χ4v) is 4.18. The van der Waals surface area contributed by atoms with Gasteiger partial charge in [0.05, 0.1) is 12.6 Å². The van der Waals surface area contributed by atoms with Gasteiger partial charge in [-0.3, -0.25) is 14.7 Å². The number of aliphatic hydroxyl groups is 1. The van der Waals surface area contributed by atoms with E-state index >= 15 is 0 Å². The molecule has 0 spiro atoms. The maximum atomic E-state index is 13.1. The number of fused-ring (bicyclic) bond motifs is 2. The van der Waals surface area contributed by atoms with Gasteiger partial charge < -0.3 is 19.9 Å². The number of aromatic nitrogens is 3. The molecule has 1 aliphatic heterocycles. The summed E-state index contributed by atoms with van der Waals surface area (Å²) in [6.07, 6.45) is 2.17. The van der Waals surface area contributed by atoms with E-state index in [4.69, 9.17) is 0 Å². The van der Waals surface area contributed by atoms with Crippen LogP contribution in [0.1, 0.15) is 45.1 Å². The molecule has 3 aromatic rings. The zero-order valence-electron chi connectivity index (χ0n) is 16.9. The number of nitrogens with zero attached hydrogens (tertiary/aromatic N) is 3. The van der Waals surface area contributed by atoms with Crippen LogP contribution in [0.3, 0.4) is 0 Å². The monoisotopic (exact) mass is 407 g/mol. The third-order valence-electron chi connectivity index (χ3n) is 6.16. The molecule has 1 aliphatic carbocycles. The minimum absolute atomic E-state index is 0.0889. The van der Waals surface area contributed by atoms with Crippen LogP contribution in [-0.4, -0.2) is 68.1 Å². The average Bonchev–Trinajstić information content (AvgIpc) is 3.39. The molecule has 5 rings (SSSR count). The number of carbonyl (C=O) groups is 2. The molecule has 8 nitrogen and oxygen atoms in total. The number of aromatic amines is 2. The molecule has 0 radical (unpaired) electrons. The summed E-state index contributed by atoms with van der Waals surface area (Å²) in [6.45, 7) is 1.19. The Morgan fingerprint density at radius 1 is 1.33 bits per heavy atom. The molecule has 8 heteroatoms. The lowest BCUT2D eigenvalue weighted by atomic mass is 10.0. The van der Waals surface area contributed by atoms with E-state index in [2.05, 4.69) is 15.2 Å². The van der Waals surface area contributed by atoms with Gasteiger partial charge >= 0.3 is 0 Å². The highest BCUT2D eigenvalue weighted by atomic mass is 16.3. The Morgan fingerprint density at radius 2 is 2.13 bits per heavy atom. The second-order valence-electron chi connectivity index (χ2n) is 8.37. The zero-order valence-corrected chi connectivity index (χ0v) is 16.9. The SMILES string of the molecule is CN(CC(O)C1CC1)C(=O)c1n[nH]c2c1CN(C(=O)c1cc3ccccc3[nH]1)CC2. The Kier molecular flexibility index (Phi) is 4.58. The molecular formula is C22H25N5O3. The smallest absolute Gasteiger partial charge is 0.274 e. The van der Waals surface area contributed by atoms with E-state index in [-0.39, 0.29) is 11.8 Å². The predicted molar refractivity (Wildman–Crippen MR) is 111 cm³/mol. The van der Waals surface area contributed by atoms with Crippen LogP contribution >= 0.6 is 0 Å². The Hall–Kier alpha value is -3.13. The van der Waals surface area contributed by atoms with Crippen LogP contribution in [-0.2, 0) is 13.0 Å². The van der Waals surface area contributed by atoms with Gasteiger partial charge in [0.1, 0.15) is 5.69 Å². The van der Waals surface area contributed by atoms with Crippen LogP contribution in [0.2, 0.25) is 0 Å². The van der Waals surface area contributed by atoms with Crippen molar-refractivity contribution < 1.29 is 14.7 Å². The van der Waals surface area contributed by atoms with Crippen molar-refractivity contribution in [2.75, 3.05) is 20.1 Å². The Balaban J connectivity index is 1.34.